The number of aromatic nitrogens is 3. The van der Waals surface area contributed by atoms with Crippen molar-refractivity contribution in [1.29, 1.82) is 0 Å². The zero-order chi connectivity index (χ0) is 30.9. The van der Waals surface area contributed by atoms with Crippen LogP contribution in [0.5, 0.6) is 0 Å². The molecular weight excluding hydrogens is 553 g/mol. The molecular formula is C33H43F3N6O. The first-order valence-corrected chi connectivity index (χ1v) is 15.4. The van der Waals surface area contributed by atoms with Gasteiger partial charge in [0.1, 0.15) is 12.2 Å². The average molecular weight is 597 g/mol. The van der Waals surface area contributed by atoms with Crippen LogP contribution in [0.15, 0.2) is 42.7 Å². The fourth-order valence-corrected chi connectivity index (χ4v) is 7.14. The highest BCUT2D eigenvalue weighted by Gasteiger charge is 2.48. The Balaban J connectivity index is 0.00000180. The Kier molecular flexibility index (Phi) is 9.00. The molecule has 6 rings (SSSR count). The molecule has 232 valence electrons. The fraction of sp³-hybridized carbons (Fsp3) is 0.545. The van der Waals surface area contributed by atoms with E-state index in [2.05, 4.69) is 22.4 Å². The highest BCUT2D eigenvalue weighted by molar-refractivity contribution is 6.10. The minimum Gasteiger partial charge on any atom is -0.320 e. The number of nitrogens with zero attached hydrogens (tertiary/aromatic N) is 5. The normalized spacial score (nSPS) is 23.3. The van der Waals surface area contributed by atoms with Crippen molar-refractivity contribution in [2.75, 3.05) is 31.6 Å². The van der Waals surface area contributed by atoms with Crippen molar-refractivity contribution < 1.29 is 18.0 Å². The van der Waals surface area contributed by atoms with Crippen molar-refractivity contribution >= 4 is 11.6 Å². The number of rotatable bonds is 8. The minimum absolute atomic E-state index is 0.0524. The Morgan fingerprint density at radius 2 is 1.93 bits per heavy atom. The summed E-state index contributed by atoms with van der Waals surface area (Å²) in [6.07, 6.45) is 1.05. The summed E-state index contributed by atoms with van der Waals surface area (Å²) >= 11 is 0. The molecule has 10 heteroatoms. The van der Waals surface area contributed by atoms with Gasteiger partial charge >= 0.3 is 6.18 Å². The smallest absolute Gasteiger partial charge is 0.320 e. The molecule has 3 heterocycles. The van der Waals surface area contributed by atoms with Gasteiger partial charge in [0.2, 0.25) is 0 Å². The molecule has 1 atom stereocenters. The van der Waals surface area contributed by atoms with E-state index in [0.29, 0.717) is 29.6 Å². The Morgan fingerprint density at radius 1 is 1.16 bits per heavy atom. The molecule has 0 bridgehead atoms. The highest BCUT2D eigenvalue weighted by atomic mass is 19.4. The van der Waals surface area contributed by atoms with Gasteiger partial charge in [-0.2, -0.15) is 13.2 Å². The molecule has 2 aliphatic heterocycles. The van der Waals surface area contributed by atoms with Gasteiger partial charge in [-0.15, -0.1) is 10.2 Å². The standard InChI is InChI=1S/C31H37F3N6O.C2H6/c1-20-14-30(15-20,29-37-36-19-39(29)3)23-5-4-6-24(13-23)40-18-26-25(28(40)41)11-22(12-27(26)31(32,33)34)17-38(2)10-8-21-7-9-35-16-21;1-2/h4-6,11-13,19-21,35H,7-10,14-18H2,1-3H3;1-2H3. The van der Waals surface area contributed by atoms with E-state index < -0.39 is 11.7 Å². The number of anilines is 1. The van der Waals surface area contributed by atoms with Crippen LogP contribution in [0.2, 0.25) is 0 Å². The lowest BCUT2D eigenvalue weighted by Gasteiger charge is -2.46. The number of alkyl halides is 3. The first-order chi connectivity index (χ1) is 20.5. The Bertz CT molecular complexity index is 1440. The van der Waals surface area contributed by atoms with Gasteiger partial charge in [0.25, 0.3) is 5.91 Å². The topological polar surface area (TPSA) is 66.3 Å². The molecule has 0 spiro atoms. The van der Waals surface area contributed by atoms with Gasteiger partial charge in [0, 0.05) is 24.8 Å². The number of carbonyl (C=O) groups is 1. The zero-order valence-corrected chi connectivity index (χ0v) is 25.8. The summed E-state index contributed by atoms with van der Waals surface area (Å²) in [6, 6.07) is 10.6. The van der Waals surface area contributed by atoms with E-state index in [4.69, 9.17) is 0 Å². The lowest BCUT2D eigenvalue weighted by atomic mass is 9.58. The maximum absolute atomic E-state index is 14.3. The van der Waals surface area contributed by atoms with Crippen LogP contribution in [0.25, 0.3) is 0 Å². The molecule has 1 N–H and O–H groups in total. The summed E-state index contributed by atoms with van der Waals surface area (Å²) in [5, 5.41) is 11.8. The zero-order valence-electron chi connectivity index (χ0n) is 25.8. The average Bonchev–Trinajstić information content (AvgIpc) is 3.72. The van der Waals surface area contributed by atoms with Crippen molar-refractivity contribution in [3.05, 3.63) is 76.4 Å². The number of aryl methyl sites for hydroxylation is 1. The Labute approximate surface area is 252 Å². The van der Waals surface area contributed by atoms with Crippen LogP contribution in [-0.4, -0.2) is 52.3 Å². The van der Waals surface area contributed by atoms with Gasteiger partial charge in [0.15, 0.2) is 0 Å². The van der Waals surface area contributed by atoms with Gasteiger partial charge in [0.05, 0.1) is 17.5 Å². The lowest BCUT2D eigenvalue weighted by molar-refractivity contribution is -0.138. The van der Waals surface area contributed by atoms with E-state index in [1.165, 1.54) is 11.0 Å². The predicted octanol–water partition coefficient (Wildman–Crippen LogP) is 6.17. The third kappa shape index (κ3) is 6.09. The van der Waals surface area contributed by atoms with E-state index in [1.54, 1.807) is 18.5 Å². The van der Waals surface area contributed by atoms with Crippen molar-refractivity contribution in [1.82, 2.24) is 25.0 Å². The number of hydrogen-bond acceptors (Lipinski definition) is 5. The van der Waals surface area contributed by atoms with E-state index in [1.807, 2.05) is 55.6 Å². The summed E-state index contributed by atoms with van der Waals surface area (Å²) < 4.78 is 44.9. The second-order valence-electron chi connectivity index (χ2n) is 12.4. The molecule has 43 heavy (non-hydrogen) atoms. The molecule has 1 amide bonds. The predicted molar refractivity (Wildman–Crippen MR) is 162 cm³/mol. The molecule has 0 radical (unpaired) electrons. The molecule has 1 aliphatic carbocycles. The number of benzene rings is 2. The number of fused-ring (bicyclic) bond motifs is 1. The quantitative estimate of drug-likeness (QED) is 0.337. The third-order valence-corrected chi connectivity index (χ3v) is 9.18. The summed E-state index contributed by atoms with van der Waals surface area (Å²) in [5.41, 5.74) is 1.27. The summed E-state index contributed by atoms with van der Waals surface area (Å²) in [6.45, 7) is 9.26. The van der Waals surface area contributed by atoms with Gasteiger partial charge in [-0.05, 0) is 105 Å². The van der Waals surface area contributed by atoms with E-state index >= 15 is 0 Å². The van der Waals surface area contributed by atoms with Gasteiger partial charge in [-0.1, -0.05) is 32.9 Å². The molecule has 3 aliphatic rings. The van der Waals surface area contributed by atoms with E-state index in [0.717, 1.165) is 56.7 Å². The van der Waals surface area contributed by atoms with Gasteiger partial charge in [-0.25, -0.2) is 0 Å². The lowest BCUT2D eigenvalue weighted by Crippen LogP contribution is -2.43. The molecule has 1 saturated heterocycles. The van der Waals surface area contributed by atoms with Gasteiger partial charge in [-0.3, -0.25) is 4.79 Å². The molecule has 1 aromatic heterocycles. The largest absolute Gasteiger partial charge is 0.416 e. The number of halogens is 3. The number of carbonyl (C=O) groups excluding carboxylic acids is 1. The first-order valence-electron chi connectivity index (χ1n) is 15.4. The molecule has 3 aromatic rings. The maximum atomic E-state index is 14.3. The van der Waals surface area contributed by atoms with Crippen molar-refractivity contribution in [3.8, 4) is 0 Å². The number of nitrogens with one attached hydrogen (secondary N) is 1. The van der Waals surface area contributed by atoms with Crippen LogP contribution in [-0.2, 0) is 31.7 Å². The first kappa shape index (κ1) is 31.2. The van der Waals surface area contributed by atoms with Crippen LogP contribution in [0.3, 0.4) is 0 Å². The van der Waals surface area contributed by atoms with Crippen LogP contribution in [0, 0.1) is 11.8 Å². The second-order valence-corrected chi connectivity index (χ2v) is 12.4. The van der Waals surface area contributed by atoms with Crippen LogP contribution < -0.4 is 10.2 Å². The monoisotopic (exact) mass is 596 g/mol. The van der Waals surface area contributed by atoms with E-state index in [-0.39, 0.29) is 29.0 Å². The van der Waals surface area contributed by atoms with E-state index in [9.17, 15) is 18.0 Å². The number of hydrogen-bond donors (Lipinski definition) is 1. The SMILES string of the molecule is CC.CC1CC(c2cccc(N3Cc4c(cc(CN(C)CCC5CCNC5)cc4C(F)(F)F)C3=O)c2)(c2nncn2C)C1. The summed E-state index contributed by atoms with van der Waals surface area (Å²) in [7, 11) is 3.85. The third-order valence-electron chi connectivity index (χ3n) is 9.18. The maximum Gasteiger partial charge on any atom is 0.416 e. The summed E-state index contributed by atoms with van der Waals surface area (Å²) in [5.74, 6) is 1.58. The molecule has 1 saturated carbocycles. The number of amides is 1. The van der Waals surface area contributed by atoms with Crippen LogP contribution >= 0.6 is 0 Å². The van der Waals surface area contributed by atoms with Crippen LogP contribution in [0.1, 0.15) is 84.9 Å². The molecule has 2 fully saturated rings. The highest BCUT2D eigenvalue weighted by Crippen LogP contribution is 2.52. The Hall–Kier alpha value is -3.24. The molecule has 1 unspecified atom stereocenters. The van der Waals surface area contributed by atoms with Crippen LogP contribution in [0.4, 0.5) is 18.9 Å². The minimum atomic E-state index is -4.55. The Morgan fingerprint density at radius 3 is 2.56 bits per heavy atom. The van der Waals surface area contributed by atoms with Gasteiger partial charge < -0.3 is 19.7 Å². The summed E-state index contributed by atoms with van der Waals surface area (Å²) in [4.78, 5) is 17.2. The molecule has 2 aromatic carbocycles. The second kappa shape index (κ2) is 12.4. The van der Waals surface area contributed by atoms with Crippen molar-refractivity contribution in [2.24, 2.45) is 18.9 Å². The fourth-order valence-electron chi connectivity index (χ4n) is 7.14. The molecule has 7 nitrogen and oxygen atoms in total. The van der Waals surface area contributed by atoms with Crippen molar-refractivity contribution in [2.45, 2.75) is 71.1 Å². The van der Waals surface area contributed by atoms with Crippen molar-refractivity contribution in [3.63, 3.8) is 0 Å².